The van der Waals surface area contributed by atoms with E-state index in [0.29, 0.717) is 16.8 Å². The summed E-state index contributed by atoms with van der Waals surface area (Å²) in [4.78, 5) is 50.9. The van der Waals surface area contributed by atoms with Gasteiger partial charge in [0.2, 0.25) is 11.8 Å². The van der Waals surface area contributed by atoms with Crippen molar-refractivity contribution in [3.63, 3.8) is 0 Å². The third-order valence-corrected chi connectivity index (χ3v) is 6.43. The first kappa shape index (κ1) is 22.4. The molecule has 2 heterocycles. The number of carbonyl (C=O) groups is 4. The Hall–Kier alpha value is -2.78. The highest BCUT2D eigenvalue weighted by atomic mass is 16.5. The molecule has 2 aliphatic heterocycles. The molecule has 9 nitrogen and oxygen atoms in total. The van der Waals surface area contributed by atoms with E-state index in [1.54, 1.807) is 18.2 Å². The minimum atomic E-state index is -0.955. The number of hydrogen-bond donors (Lipinski definition) is 3. The molecule has 3 aliphatic rings. The van der Waals surface area contributed by atoms with Gasteiger partial charge in [0, 0.05) is 24.8 Å². The lowest BCUT2D eigenvalue weighted by molar-refractivity contribution is -0.136. The molecule has 1 aromatic carbocycles. The number of carbonyl (C=O) groups excluding carboxylic acids is 4. The third kappa shape index (κ3) is 4.54. The fourth-order valence-corrected chi connectivity index (χ4v) is 4.73. The van der Waals surface area contributed by atoms with Crippen molar-refractivity contribution in [1.29, 1.82) is 0 Å². The van der Waals surface area contributed by atoms with Crippen LogP contribution in [0.1, 0.15) is 65.7 Å². The molecule has 3 N–H and O–H groups in total. The number of nitrogens with zero attached hydrogens (tertiary/aromatic N) is 1. The molecular weight excluding hydrogens is 412 g/mol. The van der Waals surface area contributed by atoms with Crippen LogP contribution in [0.5, 0.6) is 0 Å². The van der Waals surface area contributed by atoms with Crippen molar-refractivity contribution >= 4 is 29.3 Å². The Labute approximate surface area is 187 Å². The minimum Gasteiger partial charge on any atom is -0.382 e. The standard InChI is InChI=1S/C23H30N4O5/c1-24-12-3-13-32-15-8-6-14(7-9-15)25-17-5-2-4-16-20(17)23(31)27(22(16)30)18-10-11-19(28)26-21(18)29/h2,4-5,14-15,18,24-25H,3,6-13H2,1H3,(H,26,28,29)/t14-,15-,18?. The first-order chi connectivity index (χ1) is 15.5. The number of benzene rings is 1. The third-order valence-electron chi connectivity index (χ3n) is 6.43. The quantitative estimate of drug-likeness (QED) is 0.412. The van der Waals surface area contributed by atoms with E-state index < -0.39 is 23.8 Å². The van der Waals surface area contributed by atoms with Gasteiger partial charge >= 0.3 is 0 Å². The average molecular weight is 443 g/mol. The predicted molar refractivity (Wildman–Crippen MR) is 117 cm³/mol. The molecule has 2 fully saturated rings. The maximum atomic E-state index is 13.2. The van der Waals surface area contributed by atoms with Crippen molar-refractivity contribution in [3.8, 4) is 0 Å². The second-order valence-electron chi connectivity index (χ2n) is 8.62. The van der Waals surface area contributed by atoms with Gasteiger partial charge in [0.1, 0.15) is 6.04 Å². The molecule has 0 aromatic heterocycles. The molecule has 4 rings (SSSR count). The number of anilines is 1. The van der Waals surface area contributed by atoms with Crippen LogP contribution in [0.15, 0.2) is 18.2 Å². The summed E-state index contributed by atoms with van der Waals surface area (Å²) < 4.78 is 5.95. The molecule has 0 spiro atoms. The van der Waals surface area contributed by atoms with E-state index in [9.17, 15) is 19.2 Å². The fourth-order valence-electron chi connectivity index (χ4n) is 4.73. The lowest BCUT2D eigenvalue weighted by atomic mass is 9.92. The van der Waals surface area contributed by atoms with Gasteiger partial charge in [-0.25, -0.2) is 0 Å². The Bertz CT molecular complexity index is 910. The zero-order valence-electron chi connectivity index (χ0n) is 18.3. The monoisotopic (exact) mass is 442 g/mol. The number of imide groups is 2. The van der Waals surface area contributed by atoms with Gasteiger partial charge in [-0.3, -0.25) is 29.4 Å². The van der Waals surface area contributed by atoms with Crippen molar-refractivity contribution in [2.24, 2.45) is 0 Å². The SMILES string of the molecule is CNCCCO[C@H]1CC[C@H](Nc2cccc3c2C(=O)N(C2CCC(=O)NC2=O)C3=O)CC1. The second kappa shape index (κ2) is 9.79. The van der Waals surface area contributed by atoms with Crippen LogP contribution in [-0.4, -0.2) is 66.9 Å². The van der Waals surface area contributed by atoms with Crippen LogP contribution < -0.4 is 16.0 Å². The van der Waals surface area contributed by atoms with Gasteiger partial charge in [-0.2, -0.15) is 0 Å². The first-order valence-corrected chi connectivity index (χ1v) is 11.4. The molecule has 4 amide bonds. The Kier molecular flexibility index (Phi) is 6.86. The van der Waals surface area contributed by atoms with Gasteiger partial charge in [0.15, 0.2) is 0 Å². The van der Waals surface area contributed by atoms with Gasteiger partial charge < -0.3 is 15.4 Å². The number of amides is 4. The van der Waals surface area contributed by atoms with Crippen LogP contribution in [0, 0.1) is 0 Å². The van der Waals surface area contributed by atoms with E-state index in [1.165, 1.54) is 0 Å². The van der Waals surface area contributed by atoms with Crippen LogP contribution in [-0.2, 0) is 14.3 Å². The summed E-state index contributed by atoms with van der Waals surface area (Å²) in [6.45, 7) is 1.70. The normalized spacial score (nSPS) is 25.7. The minimum absolute atomic E-state index is 0.106. The van der Waals surface area contributed by atoms with Crippen LogP contribution in [0.25, 0.3) is 0 Å². The van der Waals surface area contributed by atoms with Gasteiger partial charge in [-0.15, -0.1) is 0 Å². The molecule has 1 aliphatic carbocycles. The maximum Gasteiger partial charge on any atom is 0.264 e. The van der Waals surface area contributed by atoms with Crippen LogP contribution in [0.2, 0.25) is 0 Å². The molecule has 1 unspecified atom stereocenters. The highest BCUT2D eigenvalue weighted by molar-refractivity contribution is 6.25. The van der Waals surface area contributed by atoms with E-state index in [1.807, 2.05) is 7.05 Å². The van der Waals surface area contributed by atoms with Crippen molar-refractivity contribution in [3.05, 3.63) is 29.3 Å². The van der Waals surface area contributed by atoms with Gasteiger partial charge in [-0.1, -0.05) is 6.07 Å². The van der Waals surface area contributed by atoms with E-state index >= 15 is 0 Å². The summed E-state index contributed by atoms with van der Waals surface area (Å²) in [6, 6.07) is 4.40. The fraction of sp³-hybridized carbons (Fsp3) is 0.565. The van der Waals surface area contributed by atoms with E-state index in [2.05, 4.69) is 16.0 Å². The molecule has 1 aromatic rings. The molecular formula is C23H30N4O5. The Morgan fingerprint density at radius 2 is 1.84 bits per heavy atom. The molecule has 0 bridgehead atoms. The lowest BCUT2D eigenvalue weighted by Crippen LogP contribution is -2.54. The summed E-state index contributed by atoms with van der Waals surface area (Å²) in [5.41, 5.74) is 1.23. The molecule has 1 saturated heterocycles. The van der Waals surface area contributed by atoms with E-state index in [4.69, 9.17) is 4.74 Å². The summed E-state index contributed by atoms with van der Waals surface area (Å²) in [5.74, 6) is -1.95. The summed E-state index contributed by atoms with van der Waals surface area (Å²) in [5, 5.41) is 8.79. The predicted octanol–water partition coefficient (Wildman–Crippen LogP) is 1.44. The average Bonchev–Trinajstić information content (AvgIpc) is 3.04. The summed E-state index contributed by atoms with van der Waals surface area (Å²) in [7, 11) is 1.93. The number of fused-ring (bicyclic) bond motifs is 1. The van der Waals surface area contributed by atoms with Crippen molar-refractivity contribution < 1.29 is 23.9 Å². The summed E-state index contributed by atoms with van der Waals surface area (Å²) >= 11 is 0. The molecule has 1 atom stereocenters. The van der Waals surface area contributed by atoms with Gasteiger partial charge in [0.25, 0.3) is 11.8 Å². The van der Waals surface area contributed by atoms with Crippen LogP contribution >= 0.6 is 0 Å². The maximum absolute atomic E-state index is 13.2. The highest BCUT2D eigenvalue weighted by Crippen LogP contribution is 2.34. The van der Waals surface area contributed by atoms with E-state index in [0.717, 1.165) is 50.2 Å². The number of nitrogens with one attached hydrogen (secondary N) is 3. The van der Waals surface area contributed by atoms with Crippen molar-refractivity contribution in [2.45, 2.75) is 63.1 Å². The van der Waals surface area contributed by atoms with Gasteiger partial charge in [0.05, 0.1) is 17.2 Å². The molecule has 9 heteroatoms. The molecule has 32 heavy (non-hydrogen) atoms. The summed E-state index contributed by atoms with van der Waals surface area (Å²) in [6.07, 6.45) is 5.23. The van der Waals surface area contributed by atoms with Crippen molar-refractivity contribution in [1.82, 2.24) is 15.5 Å². The molecule has 0 radical (unpaired) electrons. The van der Waals surface area contributed by atoms with Crippen LogP contribution in [0.3, 0.4) is 0 Å². The smallest absolute Gasteiger partial charge is 0.264 e. The zero-order chi connectivity index (χ0) is 22.7. The number of rotatable bonds is 8. The first-order valence-electron chi connectivity index (χ1n) is 11.4. The number of piperidine rings is 1. The van der Waals surface area contributed by atoms with E-state index in [-0.39, 0.29) is 30.9 Å². The largest absolute Gasteiger partial charge is 0.382 e. The molecule has 172 valence electrons. The number of ether oxygens (including phenoxy) is 1. The second-order valence-corrected chi connectivity index (χ2v) is 8.62. The van der Waals surface area contributed by atoms with Crippen molar-refractivity contribution in [2.75, 3.05) is 25.5 Å². The Balaban J connectivity index is 1.41. The van der Waals surface area contributed by atoms with Crippen LogP contribution in [0.4, 0.5) is 5.69 Å². The highest BCUT2D eigenvalue weighted by Gasteiger charge is 2.45. The Morgan fingerprint density at radius 3 is 2.56 bits per heavy atom. The zero-order valence-corrected chi connectivity index (χ0v) is 18.3. The lowest BCUT2D eigenvalue weighted by Gasteiger charge is -2.30. The number of hydrogen-bond acceptors (Lipinski definition) is 7. The molecule has 1 saturated carbocycles. The Morgan fingerprint density at radius 1 is 1.06 bits per heavy atom. The van der Waals surface area contributed by atoms with Gasteiger partial charge in [-0.05, 0) is 64.3 Å². The topological polar surface area (TPSA) is 117 Å².